The SMILES string of the molecule is O=c1[nH]c2ccccc2cc1CNCCCn1ccnc1. The number of aromatic nitrogens is 3. The predicted octanol–water partition coefficient (Wildman–Crippen LogP) is 1.90. The van der Waals surface area contributed by atoms with Crippen molar-refractivity contribution >= 4 is 10.9 Å². The van der Waals surface area contributed by atoms with Gasteiger partial charge in [0.1, 0.15) is 0 Å². The summed E-state index contributed by atoms with van der Waals surface area (Å²) >= 11 is 0. The Labute approximate surface area is 122 Å². The summed E-state index contributed by atoms with van der Waals surface area (Å²) in [5.74, 6) is 0. The van der Waals surface area contributed by atoms with Gasteiger partial charge >= 0.3 is 0 Å². The van der Waals surface area contributed by atoms with Crippen molar-refractivity contribution in [2.45, 2.75) is 19.5 Å². The van der Waals surface area contributed by atoms with Gasteiger partial charge in [0.05, 0.1) is 6.33 Å². The molecule has 0 aliphatic carbocycles. The number of aromatic amines is 1. The van der Waals surface area contributed by atoms with Crippen LogP contribution in [0.15, 0.2) is 53.8 Å². The Kier molecular flexibility index (Phi) is 4.12. The normalized spacial score (nSPS) is 11.0. The number of imidazole rings is 1. The Hall–Kier alpha value is -2.40. The van der Waals surface area contributed by atoms with Crippen molar-refractivity contribution in [3.05, 3.63) is 65.0 Å². The van der Waals surface area contributed by atoms with Crippen LogP contribution in [0.3, 0.4) is 0 Å². The standard InChI is InChI=1S/C16H18N4O/c21-16-14(10-13-4-1-2-5-15(13)19-16)11-17-6-3-8-20-9-7-18-12-20/h1-2,4-5,7,9-10,12,17H,3,6,8,11H2,(H,19,21). The molecule has 108 valence electrons. The number of fused-ring (bicyclic) bond motifs is 1. The van der Waals surface area contributed by atoms with E-state index in [-0.39, 0.29) is 5.56 Å². The van der Waals surface area contributed by atoms with Gasteiger partial charge in [0.2, 0.25) is 0 Å². The number of benzene rings is 1. The number of nitrogens with zero attached hydrogens (tertiary/aromatic N) is 2. The number of pyridine rings is 1. The molecule has 3 aromatic rings. The molecule has 5 heteroatoms. The minimum absolute atomic E-state index is 0.0178. The Morgan fingerprint density at radius 3 is 3.05 bits per heavy atom. The minimum atomic E-state index is -0.0178. The molecule has 0 saturated heterocycles. The zero-order chi connectivity index (χ0) is 14.5. The molecule has 5 nitrogen and oxygen atoms in total. The van der Waals surface area contributed by atoms with Crippen LogP contribution >= 0.6 is 0 Å². The molecule has 0 fully saturated rings. The number of H-pyrrole nitrogens is 1. The number of hydrogen-bond acceptors (Lipinski definition) is 3. The quantitative estimate of drug-likeness (QED) is 0.679. The molecule has 0 bridgehead atoms. The van der Waals surface area contributed by atoms with Gasteiger partial charge in [-0.25, -0.2) is 4.98 Å². The highest BCUT2D eigenvalue weighted by Crippen LogP contribution is 2.09. The molecule has 21 heavy (non-hydrogen) atoms. The average molecular weight is 282 g/mol. The van der Waals surface area contributed by atoms with Gasteiger partial charge in [-0.2, -0.15) is 0 Å². The van der Waals surface area contributed by atoms with E-state index in [9.17, 15) is 4.79 Å². The first-order valence-electron chi connectivity index (χ1n) is 7.10. The maximum atomic E-state index is 12.0. The molecule has 2 N–H and O–H groups in total. The van der Waals surface area contributed by atoms with Crippen molar-refractivity contribution in [1.82, 2.24) is 19.9 Å². The van der Waals surface area contributed by atoms with Crippen molar-refractivity contribution in [3.8, 4) is 0 Å². The summed E-state index contributed by atoms with van der Waals surface area (Å²) in [5.41, 5.74) is 1.64. The Balaban J connectivity index is 1.55. The summed E-state index contributed by atoms with van der Waals surface area (Å²) in [6.45, 7) is 2.38. The second kappa shape index (κ2) is 6.37. The van der Waals surface area contributed by atoms with Gasteiger partial charge in [-0.15, -0.1) is 0 Å². The lowest BCUT2D eigenvalue weighted by Crippen LogP contribution is -2.22. The third-order valence-corrected chi connectivity index (χ3v) is 3.47. The van der Waals surface area contributed by atoms with E-state index in [1.54, 1.807) is 6.20 Å². The summed E-state index contributed by atoms with van der Waals surface area (Å²) in [7, 11) is 0. The van der Waals surface area contributed by atoms with E-state index in [0.717, 1.165) is 36.0 Å². The maximum Gasteiger partial charge on any atom is 0.252 e. The molecule has 0 spiro atoms. The molecule has 2 heterocycles. The van der Waals surface area contributed by atoms with Crippen LogP contribution in [0.25, 0.3) is 10.9 Å². The monoisotopic (exact) mass is 282 g/mol. The molecule has 0 amide bonds. The van der Waals surface area contributed by atoms with Crippen LogP contribution in [0.4, 0.5) is 0 Å². The lowest BCUT2D eigenvalue weighted by Gasteiger charge is -2.06. The third kappa shape index (κ3) is 3.38. The fraction of sp³-hybridized carbons (Fsp3) is 0.250. The molecule has 2 aromatic heterocycles. The molecule has 3 rings (SSSR count). The van der Waals surface area contributed by atoms with Gasteiger partial charge in [0.15, 0.2) is 0 Å². The van der Waals surface area contributed by atoms with Crippen LogP contribution in [0.1, 0.15) is 12.0 Å². The highest BCUT2D eigenvalue weighted by molar-refractivity contribution is 5.78. The van der Waals surface area contributed by atoms with Crippen molar-refractivity contribution in [2.75, 3.05) is 6.54 Å². The van der Waals surface area contributed by atoms with Gasteiger partial charge in [-0.05, 0) is 30.5 Å². The van der Waals surface area contributed by atoms with Gasteiger partial charge < -0.3 is 14.9 Å². The first-order chi connectivity index (χ1) is 10.3. The topological polar surface area (TPSA) is 62.7 Å². The van der Waals surface area contributed by atoms with E-state index in [1.807, 2.05) is 47.4 Å². The predicted molar refractivity (Wildman–Crippen MR) is 83.1 cm³/mol. The lowest BCUT2D eigenvalue weighted by atomic mass is 10.1. The van der Waals surface area contributed by atoms with Gasteiger partial charge in [0, 0.05) is 36.6 Å². The molecule has 0 saturated carbocycles. The third-order valence-electron chi connectivity index (χ3n) is 3.47. The molecule has 0 aliphatic rings. The summed E-state index contributed by atoms with van der Waals surface area (Å²) < 4.78 is 2.05. The number of nitrogens with one attached hydrogen (secondary N) is 2. The van der Waals surface area contributed by atoms with Crippen LogP contribution < -0.4 is 10.9 Å². The number of rotatable bonds is 6. The molecular formula is C16H18N4O. The molecule has 0 aliphatic heterocycles. The van der Waals surface area contributed by atoms with Crippen molar-refractivity contribution < 1.29 is 0 Å². The number of aryl methyl sites for hydroxylation is 1. The molecule has 0 atom stereocenters. The smallest absolute Gasteiger partial charge is 0.252 e. The van der Waals surface area contributed by atoms with Crippen LogP contribution in [-0.4, -0.2) is 21.1 Å². The van der Waals surface area contributed by atoms with Crippen molar-refractivity contribution in [3.63, 3.8) is 0 Å². The lowest BCUT2D eigenvalue weighted by molar-refractivity contribution is 0.579. The number of hydrogen-bond donors (Lipinski definition) is 2. The summed E-state index contributed by atoms with van der Waals surface area (Å²) in [6.07, 6.45) is 6.55. The highest BCUT2D eigenvalue weighted by atomic mass is 16.1. The zero-order valence-electron chi connectivity index (χ0n) is 11.7. The second-order valence-corrected chi connectivity index (χ2v) is 5.04. The molecule has 0 unspecified atom stereocenters. The van der Waals surface area contributed by atoms with Crippen LogP contribution in [0.2, 0.25) is 0 Å². The summed E-state index contributed by atoms with van der Waals surface area (Å²) in [6, 6.07) is 9.78. The van der Waals surface area contributed by atoms with Gasteiger partial charge in [0.25, 0.3) is 5.56 Å². The largest absolute Gasteiger partial charge is 0.337 e. The Morgan fingerprint density at radius 1 is 1.29 bits per heavy atom. The van der Waals surface area contributed by atoms with E-state index in [2.05, 4.69) is 15.3 Å². The van der Waals surface area contributed by atoms with E-state index in [1.165, 1.54) is 0 Å². The fourth-order valence-corrected chi connectivity index (χ4v) is 2.35. The first-order valence-corrected chi connectivity index (χ1v) is 7.10. The van der Waals surface area contributed by atoms with Crippen molar-refractivity contribution in [1.29, 1.82) is 0 Å². The van der Waals surface area contributed by atoms with E-state index >= 15 is 0 Å². The van der Waals surface area contributed by atoms with E-state index < -0.39 is 0 Å². The van der Waals surface area contributed by atoms with Gasteiger partial charge in [-0.3, -0.25) is 4.79 Å². The zero-order valence-corrected chi connectivity index (χ0v) is 11.7. The fourth-order valence-electron chi connectivity index (χ4n) is 2.35. The Morgan fingerprint density at radius 2 is 2.19 bits per heavy atom. The number of para-hydroxylation sites is 1. The summed E-state index contributed by atoms with van der Waals surface area (Å²) in [5, 5.41) is 4.38. The van der Waals surface area contributed by atoms with Crippen LogP contribution in [0.5, 0.6) is 0 Å². The van der Waals surface area contributed by atoms with Gasteiger partial charge in [-0.1, -0.05) is 18.2 Å². The molecular weight excluding hydrogens is 264 g/mol. The summed E-state index contributed by atoms with van der Waals surface area (Å²) in [4.78, 5) is 18.9. The first kappa shape index (κ1) is 13.6. The van der Waals surface area contributed by atoms with Crippen LogP contribution in [-0.2, 0) is 13.1 Å². The maximum absolute atomic E-state index is 12.0. The average Bonchev–Trinajstić information content (AvgIpc) is 3.00. The highest BCUT2D eigenvalue weighted by Gasteiger charge is 2.02. The molecule has 1 aromatic carbocycles. The van der Waals surface area contributed by atoms with Crippen LogP contribution in [0, 0.1) is 0 Å². The van der Waals surface area contributed by atoms with Crippen molar-refractivity contribution in [2.24, 2.45) is 0 Å². The molecule has 0 radical (unpaired) electrons. The van der Waals surface area contributed by atoms with E-state index in [4.69, 9.17) is 0 Å². The Bertz CT molecular complexity index is 761. The van der Waals surface area contributed by atoms with E-state index in [0.29, 0.717) is 6.54 Å². The second-order valence-electron chi connectivity index (χ2n) is 5.04. The minimum Gasteiger partial charge on any atom is -0.337 e.